The Kier molecular flexibility index (Phi) is 4.79. The summed E-state index contributed by atoms with van der Waals surface area (Å²) in [5.41, 5.74) is 1.50. The zero-order valence-corrected chi connectivity index (χ0v) is 13.0. The van der Waals surface area contributed by atoms with Crippen LogP contribution in [0, 0.1) is 6.92 Å². The molecule has 1 unspecified atom stereocenters. The molecule has 0 aliphatic carbocycles. The van der Waals surface area contributed by atoms with Crippen LogP contribution in [0.3, 0.4) is 0 Å². The van der Waals surface area contributed by atoms with Crippen molar-refractivity contribution in [2.75, 3.05) is 26.2 Å². The first-order chi connectivity index (χ1) is 9.46. The predicted octanol–water partition coefficient (Wildman–Crippen LogP) is 0.237. The van der Waals surface area contributed by atoms with Gasteiger partial charge < -0.3 is 10.1 Å². The number of hydrogen-bond acceptors (Lipinski definition) is 5. The molecule has 8 heteroatoms. The van der Waals surface area contributed by atoms with Crippen molar-refractivity contribution in [3.8, 4) is 0 Å². The monoisotopic (exact) mass is 302 g/mol. The summed E-state index contributed by atoms with van der Waals surface area (Å²) >= 11 is 0. The van der Waals surface area contributed by atoms with Crippen molar-refractivity contribution in [1.82, 2.24) is 19.8 Å². The lowest BCUT2D eigenvalue weighted by Crippen LogP contribution is -2.44. The molecule has 2 N–H and O–H groups in total. The van der Waals surface area contributed by atoms with Gasteiger partial charge in [-0.1, -0.05) is 6.92 Å². The van der Waals surface area contributed by atoms with E-state index < -0.39 is 10.0 Å². The van der Waals surface area contributed by atoms with E-state index in [2.05, 4.69) is 15.5 Å². The van der Waals surface area contributed by atoms with E-state index in [1.54, 1.807) is 0 Å². The van der Waals surface area contributed by atoms with Crippen LogP contribution in [-0.2, 0) is 21.3 Å². The molecule has 0 radical (unpaired) electrons. The van der Waals surface area contributed by atoms with Gasteiger partial charge in [0.25, 0.3) is 10.0 Å². The molecule has 1 atom stereocenters. The fourth-order valence-corrected chi connectivity index (χ4v) is 3.89. The van der Waals surface area contributed by atoms with Crippen LogP contribution >= 0.6 is 0 Å². The Bertz CT molecular complexity index is 555. The highest BCUT2D eigenvalue weighted by Crippen LogP contribution is 2.22. The van der Waals surface area contributed by atoms with Crippen LogP contribution in [0.4, 0.5) is 0 Å². The minimum atomic E-state index is -3.56. The topological polar surface area (TPSA) is 87.3 Å². The number of hydrogen-bond donors (Lipinski definition) is 2. The molecule has 2 heterocycles. The summed E-state index contributed by atoms with van der Waals surface area (Å²) in [5.74, 6) is 0. The van der Waals surface area contributed by atoms with E-state index in [4.69, 9.17) is 4.74 Å². The second-order valence-electron chi connectivity index (χ2n) is 4.96. The number of sulfonamides is 1. The highest BCUT2D eigenvalue weighted by Gasteiger charge is 2.33. The van der Waals surface area contributed by atoms with Crippen molar-refractivity contribution >= 4 is 10.0 Å². The summed E-state index contributed by atoms with van der Waals surface area (Å²) in [6.45, 7) is 8.12. The summed E-state index contributed by atoms with van der Waals surface area (Å²) in [5, 5.41) is 10.1. The first-order valence-electron chi connectivity index (χ1n) is 6.83. The Labute approximate surface area is 119 Å². The van der Waals surface area contributed by atoms with E-state index in [0.29, 0.717) is 31.8 Å². The number of nitrogens with zero attached hydrogens (tertiary/aromatic N) is 2. The van der Waals surface area contributed by atoms with Crippen molar-refractivity contribution in [2.45, 2.75) is 38.4 Å². The number of aromatic nitrogens is 2. The van der Waals surface area contributed by atoms with Gasteiger partial charge in [-0.2, -0.15) is 9.40 Å². The molecule has 114 valence electrons. The third-order valence-electron chi connectivity index (χ3n) is 3.38. The molecule has 1 aliphatic rings. The molecule has 2 rings (SSSR count). The normalized spacial score (nSPS) is 21.2. The van der Waals surface area contributed by atoms with Gasteiger partial charge in [-0.05, 0) is 20.4 Å². The highest BCUT2D eigenvalue weighted by molar-refractivity contribution is 7.89. The zero-order valence-electron chi connectivity index (χ0n) is 12.1. The van der Waals surface area contributed by atoms with Gasteiger partial charge in [-0.25, -0.2) is 8.42 Å². The summed E-state index contributed by atoms with van der Waals surface area (Å²) in [6.07, 6.45) is -0.0872. The molecular weight excluding hydrogens is 280 g/mol. The summed E-state index contributed by atoms with van der Waals surface area (Å²) in [4.78, 5) is 0. The van der Waals surface area contributed by atoms with E-state index in [1.807, 2.05) is 20.8 Å². The zero-order chi connectivity index (χ0) is 14.8. The van der Waals surface area contributed by atoms with E-state index in [-0.39, 0.29) is 11.1 Å². The Hall–Kier alpha value is -0.960. The number of aromatic amines is 1. The van der Waals surface area contributed by atoms with Crippen LogP contribution in [0.5, 0.6) is 0 Å². The number of morpholine rings is 1. The second kappa shape index (κ2) is 6.21. The number of nitrogens with one attached hydrogen (secondary N) is 2. The molecule has 0 amide bonds. The average molecular weight is 302 g/mol. The van der Waals surface area contributed by atoms with Crippen LogP contribution < -0.4 is 5.32 Å². The fourth-order valence-electron chi connectivity index (χ4n) is 2.23. The standard InChI is InChI=1S/C12H22N4O3S/c1-4-13-7-11-10(3)14-15-12(11)20(17,18)16-5-6-19-9(2)8-16/h9,13H,4-8H2,1-3H3,(H,14,15). The largest absolute Gasteiger partial charge is 0.376 e. The number of H-pyrrole nitrogens is 1. The maximum atomic E-state index is 12.7. The van der Waals surface area contributed by atoms with E-state index in [1.165, 1.54) is 4.31 Å². The van der Waals surface area contributed by atoms with Gasteiger partial charge >= 0.3 is 0 Å². The number of rotatable bonds is 5. The maximum Gasteiger partial charge on any atom is 0.262 e. The molecule has 0 bridgehead atoms. The molecule has 1 saturated heterocycles. The molecule has 1 aromatic heterocycles. The molecule has 20 heavy (non-hydrogen) atoms. The van der Waals surface area contributed by atoms with Crippen molar-refractivity contribution < 1.29 is 13.2 Å². The minimum Gasteiger partial charge on any atom is -0.376 e. The maximum absolute atomic E-state index is 12.7. The van der Waals surface area contributed by atoms with Crippen LogP contribution in [0.25, 0.3) is 0 Å². The molecule has 0 aromatic carbocycles. The quantitative estimate of drug-likeness (QED) is 0.813. The first kappa shape index (κ1) is 15.4. The molecule has 1 aliphatic heterocycles. The van der Waals surface area contributed by atoms with Gasteiger partial charge in [-0.3, -0.25) is 5.10 Å². The minimum absolute atomic E-state index is 0.0872. The molecule has 1 fully saturated rings. The Morgan fingerprint density at radius 2 is 2.30 bits per heavy atom. The first-order valence-corrected chi connectivity index (χ1v) is 8.27. The number of ether oxygens (including phenoxy) is 1. The number of aryl methyl sites for hydroxylation is 1. The Balaban J connectivity index is 2.29. The Morgan fingerprint density at radius 1 is 1.55 bits per heavy atom. The van der Waals surface area contributed by atoms with Crippen molar-refractivity contribution in [2.24, 2.45) is 0 Å². The third kappa shape index (κ3) is 3.03. The van der Waals surface area contributed by atoms with Crippen LogP contribution in [0.1, 0.15) is 25.1 Å². The van der Waals surface area contributed by atoms with Gasteiger partial charge in [0.15, 0.2) is 5.03 Å². The molecule has 7 nitrogen and oxygen atoms in total. The van der Waals surface area contributed by atoms with Crippen molar-refractivity contribution in [1.29, 1.82) is 0 Å². The van der Waals surface area contributed by atoms with Gasteiger partial charge in [-0.15, -0.1) is 0 Å². The summed E-state index contributed by atoms with van der Waals surface area (Å²) in [7, 11) is -3.56. The third-order valence-corrected chi connectivity index (χ3v) is 5.21. The summed E-state index contributed by atoms with van der Waals surface area (Å²) < 4.78 is 32.2. The lowest BCUT2D eigenvalue weighted by atomic mass is 10.2. The molecule has 0 spiro atoms. The highest BCUT2D eigenvalue weighted by atomic mass is 32.2. The molecule has 0 saturated carbocycles. The van der Waals surface area contributed by atoms with Gasteiger partial charge in [0.2, 0.25) is 0 Å². The second-order valence-corrected chi connectivity index (χ2v) is 6.81. The predicted molar refractivity (Wildman–Crippen MR) is 74.9 cm³/mol. The van der Waals surface area contributed by atoms with Gasteiger partial charge in [0.1, 0.15) is 0 Å². The van der Waals surface area contributed by atoms with E-state index >= 15 is 0 Å². The van der Waals surface area contributed by atoms with E-state index in [0.717, 1.165) is 12.2 Å². The lowest BCUT2D eigenvalue weighted by molar-refractivity contribution is 0.0101. The smallest absolute Gasteiger partial charge is 0.262 e. The molecular formula is C12H22N4O3S. The van der Waals surface area contributed by atoms with Crippen molar-refractivity contribution in [3.05, 3.63) is 11.3 Å². The van der Waals surface area contributed by atoms with Crippen molar-refractivity contribution in [3.63, 3.8) is 0 Å². The Morgan fingerprint density at radius 3 is 2.95 bits per heavy atom. The van der Waals surface area contributed by atoms with E-state index in [9.17, 15) is 8.42 Å². The van der Waals surface area contributed by atoms with Crippen LogP contribution in [0.15, 0.2) is 5.03 Å². The van der Waals surface area contributed by atoms with Crippen LogP contribution in [0.2, 0.25) is 0 Å². The summed E-state index contributed by atoms with van der Waals surface area (Å²) in [6, 6.07) is 0. The van der Waals surface area contributed by atoms with Gasteiger partial charge in [0, 0.05) is 30.9 Å². The SMILES string of the molecule is CCNCc1c(S(=O)(=O)N2CCOC(C)C2)n[nH]c1C. The lowest BCUT2D eigenvalue weighted by Gasteiger charge is -2.29. The average Bonchev–Trinajstić information content (AvgIpc) is 2.78. The van der Waals surface area contributed by atoms with Crippen LogP contribution in [-0.4, -0.2) is 55.3 Å². The van der Waals surface area contributed by atoms with Gasteiger partial charge in [0.05, 0.1) is 12.7 Å². The fraction of sp³-hybridized carbons (Fsp3) is 0.750. The molecule has 1 aromatic rings.